The maximum absolute atomic E-state index is 10.8. The summed E-state index contributed by atoms with van der Waals surface area (Å²) in [5, 5.41) is 0. The summed E-state index contributed by atoms with van der Waals surface area (Å²) < 4.78 is 22.5. The Labute approximate surface area is 86.9 Å². The van der Waals surface area contributed by atoms with Gasteiger partial charge in [0.15, 0.2) is 0 Å². The molecule has 0 unspecified atom stereocenters. The van der Waals surface area contributed by atoms with Gasteiger partial charge < -0.3 is 19.6 Å². The van der Waals surface area contributed by atoms with Crippen LogP contribution in [-0.2, 0) is 9.13 Å². The minimum absolute atomic E-state index is 0.115. The Morgan fingerprint density at radius 1 is 0.933 bits per heavy atom. The fourth-order valence-corrected chi connectivity index (χ4v) is 2.90. The summed E-state index contributed by atoms with van der Waals surface area (Å²) in [6.07, 6.45) is -0.359. The third-order valence-electron chi connectivity index (χ3n) is 2.10. The third-order valence-corrected chi connectivity index (χ3v) is 4.01. The Balaban J connectivity index is 2.43. The van der Waals surface area contributed by atoms with Gasteiger partial charge in [-0.3, -0.25) is 9.46 Å². The molecule has 4 N–H and O–H groups in total. The van der Waals surface area contributed by atoms with Crippen LogP contribution in [0.25, 0.3) is 0 Å². The van der Waals surface area contributed by atoms with Crippen LogP contribution in [0.3, 0.4) is 0 Å². The lowest BCUT2D eigenvalue weighted by Crippen LogP contribution is -2.44. The van der Waals surface area contributed by atoms with Crippen molar-refractivity contribution in [2.24, 2.45) is 0 Å². The standard InChI is InChI=1S/C5H14N2O6P2/c8-14(9,10)5-6-1-3-7(4-2-6)15(11,12)13/h1-5H2,(H2,8,9,10)(H2,11,12,13). The summed E-state index contributed by atoms with van der Waals surface area (Å²) in [4.78, 5) is 36.5. The molecule has 15 heavy (non-hydrogen) atoms. The predicted octanol–water partition coefficient (Wildman–Crippen LogP) is -1.17. The fraction of sp³-hybridized carbons (Fsp3) is 1.00. The Bertz CT molecular complexity index is 303. The number of rotatable bonds is 3. The minimum atomic E-state index is -4.21. The highest BCUT2D eigenvalue weighted by molar-refractivity contribution is 7.51. The van der Waals surface area contributed by atoms with Gasteiger partial charge >= 0.3 is 15.3 Å². The largest absolute Gasteiger partial charge is 0.403 e. The van der Waals surface area contributed by atoms with Crippen LogP contribution in [0, 0.1) is 0 Å². The van der Waals surface area contributed by atoms with Gasteiger partial charge in [0, 0.05) is 26.2 Å². The van der Waals surface area contributed by atoms with Crippen molar-refractivity contribution in [3.8, 4) is 0 Å². The average molecular weight is 260 g/mol. The molecule has 90 valence electrons. The average Bonchev–Trinajstić information content (AvgIpc) is 2.00. The molecule has 0 aromatic rings. The molecule has 0 amide bonds. The van der Waals surface area contributed by atoms with Crippen LogP contribution < -0.4 is 0 Å². The number of hydrogen-bond acceptors (Lipinski definition) is 3. The molecule has 1 saturated heterocycles. The van der Waals surface area contributed by atoms with E-state index in [2.05, 4.69) is 0 Å². The summed E-state index contributed by atoms with van der Waals surface area (Å²) in [6.45, 7) is 0.723. The third kappa shape index (κ3) is 4.72. The van der Waals surface area contributed by atoms with Gasteiger partial charge in [-0.25, -0.2) is 9.24 Å². The number of nitrogens with zero attached hydrogens (tertiary/aromatic N) is 2. The highest BCUT2D eigenvalue weighted by Gasteiger charge is 2.31. The Hall–Kier alpha value is 0.220. The monoisotopic (exact) mass is 260 g/mol. The molecule has 0 aromatic carbocycles. The van der Waals surface area contributed by atoms with Crippen molar-refractivity contribution >= 4 is 15.3 Å². The summed E-state index contributed by atoms with van der Waals surface area (Å²) >= 11 is 0. The second-order valence-corrected chi connectivity index (χ2v) is 6.60. The van der Waals surface area contributed by atoms with E-state index >= 15 is 0 Å². The van der Waals surface area contributed by atoms with Gasteiger partial charge in [0.1, 0.15) is 6.29 Å². The van der Waals surface area contributed by atoms with E-state index in [1.165, 1.54) is 4.90 Å². The molecule has 1 heterocycles. The number of piperazine rings is 1. The molecule has 0 spiro atoms. The van der Waals surface area contributed by atoms with Crippen LogP contribution >= 0.6 is 15.3 Å². The van der Waals surface area contributed by atoms with Crippen molar-refractivity contribution in [2.75, 3.05) is 32.5 Å². The zero-order valence-electron chi connectivity index (χ0n) is 7.93. The first-order valence-corrected chi connectivity index (χ1v) is 7.63. The van der Waals surface area contributed by atoms with Gasteiger partial charge in [0.2, 0.25) is 0 Å². The Morgan fingerprint density at radius 2 is 1.40 bits per heavy atom. The second-order valence-electron chi connectivity index (χ2n) is 3.39. The molecule has 1 aliphatic heterocycles. The van der Waals surface area contributed by atoms with E-state index in [1.807, 2.05) is 0 Å². The molecule has 0 aromatic heterocycles. The molecule has 0 radical (unpaired) electrons. The molecule has 1 fully saturated rings. The second kappa shape index (κ2) is 4.61. The molecule has 8 nitrogen and oxygen atoms in total. The van der Waals surface area contributed by atoms with Gasteiger partial charge in [-0.05, 0) is 0 Å². The topological polar surface area (TPSA) is 122 Å². The molecule has 0 atom stereocenters. The summed E-state index contributed by atoms with van der Waals surface area (Å²) in [6, 6.07) is 0. The highest BCUT2D eigenvalue weighted by atomic mass is 31.2. The van der Waals surface area contributed by atoms with Crippen molar-refractivity contribution in [2.45, 2.75) is 0 Å². The fourth-order valence-electron chi connectivity index (χ4n) is 1.40. The van der Waals surface area contributed by atoms with Gasteiger partial charge in [0.25, 0.3) is 0 Å². The smallest absolute Gasteiger partial charge is 0.324 e. The van der Waals surface area contributed by atoms with E-state index in [0.29, 0.717) is 0 Å². The van der Waals surface area contributed by atoms with Crippen molar-refractivity contribution in [1.82, 2.24) is 9.57 Å². The first kappa shape index (κ1) is 13.3. The Kier molecular flexibility index (Phi) is 4.08. The van der Waals surface area contributed by atoms with E-state index in [0.717, 1.165) is 4.67 Å². The zero-order chi connectivity index (χ0) is 11.7. The van der Waals surface area contributed by atoms with Gasteiger partial charge in [-0.15, -0.1) is 0 Å². The molecule has 0 bridgehead atoms. The van der Waals surface area contributed by atoms with Crippen molar-refractivity contribution < 1.29 is 28.7 Å². The van der Waals surface area contributed by atoms with E-state index in [9.17, 15) is 9.13 Å². The SMILES string of the molecule is O=P(O)(O)CN1CCN(P(=O)(O)O)CC1. The molecule has 0 saturated carbocycles. The quantitative estimate of drug-likeness (QED) is 0.468. The van der Waals surface area contributed by atoms with E-state index in [1.54, 1.807) is 0 Å². The first-order valence-electron chi connectivity index (χ1n) is 4.26. The first-order chi connectivity index (χ1) is 6.68. The normalized spacial score (nSPS) is 21.9. The van der Waals surface area contributed by atoms with Gasteiger partial charge in [0.05, 0.1) is 0 Å². The van der Waals surface area contributed by atoms with Crippen molar-refractivity contribution in [3.63, 3.8) is 0 Å². The molecule has 1 rings (SSSR count). The minimum Gasteiger partial charge on any atom is -0.324 e. The van der Waals surface area contributed by atoms with Gasteiger partial charge in [-0.2, -0.15) is 0 Å². The lowest BCUT2D eigenvalue weighted by Gasteiger charge is -2.34. The van der Waals surface area contributed by atoms with Crippen LogP contribution in [0.5, 0.6) is 0 Å². The van der Waals surface area contributed by atoms with Crippen LogP contribution in [0.2, 0.25) is 0 Å². The molecule has 0 aliphatic carbocycles. The van der Waals surface area contributed by atoms with Crippen LogP contribution in [0.4, 0.5) is 0 Å². The van der Waals surface area contributed by atoms with Gasteiger partial charge in [-0.1, -0.05) is 0 Å². The molecule has 10 heteroatoms. The maximum Gasteiger partial charge on any atom is 0.403 e. The summed E-state index contributed by atoms with van der Waals surface area (Å²) in [7, 11) is -8.29. The van der Waals surface area contributed by atoms with Crippen LogP contribution in [-0.4, -0.2) is 61.6 Å². The van der Waals surface area contributed by atoms with Crippen molar-refractivity contribution in [1.29, 1.82) is 0 Å². The zero-order valence-corrected chi connectivity index (χ0v) is 9.72. The van der Waals surface area contributed by atoms with Crippen LogP contribution in [0.1, 0.15) is 0 Å². The van der Waals surface area contributed by atoms with Crippen molar-refractivity contribution in [3.05, 3.63) is 0 Å². The number of hydrogen-bond donors (Lipinski definition) is 4. The molecular weight excluding hydrogens is 246 g/mol. The Morgan fingerprint density at radius 3 is 1.73 bits per heavy atom. The van der Waals surface area contributed by atoms with Crippen LogP contribution in [0.15, 0.2) is 0 Å². The molecular formula is C5H14N2O6P2. The maximum atomic E-state index is 10.8. The highest BCUT2D eigenvalue weighted by Crippen LogP contribution is 2.41. The lowest BCUT2D eigenvalue weighted by atomic mass is 10.4. The predicted molar refractivity (Wildman–Crippen MR) is 52.1 cm³/mol. The summed E-state index contributed by atoms with van der Waals surface area (Å²) in [5.74, 6) is 0. The lowest BCUT2D eigenvalue weighted by molar-refractivity contribution is 0.169. The molecule has 1 aliphatic rings. The van der Waals surface area contributed by atoms with E-state index < -0.39 is 15.3 Å². The van der Waals surface area contributed by atoms with E-state index in [-0.39, 0.29) is 32.5 Å². The van der Waals surface area contributed by atoms with E-state index in [4.69, 9.17) is 19.6 Å². The summed E-state index contributed by atoms with van der Waals surface area (Å²) in [5.41, 5.74) is 0.